The number of guanidine groups is 1. The van der Waals surface area contributed by atoms with Crippen LogP contribution in [-0.4, -0.2) is 73.6 Å². The molecule has 1 unspecified atom stereocenters. The molecule has 0 radical (unpaired) electrons. The van der Waals surface area contributed by atoms with Gasteiger partial charge in [-0.05, 0) is 19.3 Å². The summed E-state index contributed by atoms with van der Waals surface area (Å²) in [6, 6.07) is 0. The normalized spacial score (nSPS) is 16.5. The number of ether oxygens (including phenoxy) is 2. The van der Waals surface area contributed by atoms with Gasteiger partial charge in [0, 0.05) is 34.3 Å². The molecule has 9 nitrogen and oxygen atoms in total. The standard InChI is InChI=1S/C18H32N6O3.HI/c1-6-15-14(17(26-5)24(4)22-15)11-20-18(21-12-16(25)23(2)3)19-10-13-8-7-9-27-13;/h13H,6-12H2,1-5H3,(H2,19,20,21);1H. The van der Waals surface area contributed by atoms with Gasteiger partial charge in [0.2, 0.25) is 11.8 Å². The van der Waals surface area contributed by atoms with Crippen molar-refractivity contribution in [1.82, 2.24) is 25.3 Å². The van der Waals surface area contributed by atoms with Crippen LogP contribution < -0.4 is 15.4 Å². The lowest BCUT2D eigenvalue weighted by Crippen LogP contribution is -2.45. The summed E-state index contributed by atoms with van der Waals surface area (Å²) < 4.78 is 12.9. The number of carbonyl (C=O) groups excluding carboxylic acids is 1. The number of aromatic nitrogens is 2. The molecule has 1 saturated heterocycles. The van der Waals surface area contributed by atoms with E-state index in [1.165, 1.54) is 0 Å². The first kappa shape index (κ1) is 24.5. The number of halogens is 1. The van der Waals surface area contributed by atoms with Crippen molar-refractivity contribution in [3.8, 4) is 5.88 Å². The highest BCUT2D eigenvalue weighted by Crippen LogP contribution is 2.22. The molecule has 1 aromatic rings. The molecule has 10 heteroatoms. The van der Waals surface area contributed by atoms with Crippen LogP contribution >= 0.6 is 24.0 Å². The van der Waals surface area contributed by atoms with E-state index in [1.54, 1.807) is 30.8 Å². The third-order valence-electron chi connectivity index (χ3n) is 4.52. The smallest absolute Gasteiger partial charge is 0.241 e. The van der Waals surface area contributed by atoms with Gasteiger partial charge in [-0.1, -0.05) is 6.92 Å². The molecule has 0 spiro atoms. The van der Waals surface area contributed by atoms with Crippen LogP contribution in [0.4, 0.5) is 0 Å². The number of amides is 1. The number of hydrogen-bond donors (Lipinski definition) is 2. The minimum atomic E-state index is -0.0187. The van der Waals surface area contributed by atoms with E-state index in [0.717, 1.165) is 37.1 Å². The van der Waals surface area contributed by atoms with Crippen molar-refractivity contribution >= 4 is 35.8 Å². The van der Waals surface area contributed by atoms with Gasteiger partial charge in [-0.3, -0.25) is 4.79 Å². The molecule has 1 fully saturated rings. The van der Waals surface area contributed by atoms with Crippen molar-refractivity contribution in [2.45, 2.75) is 38.8 Å². The van der Waals surface area contributed by atoms with Crippen LogP contribution in [0.2, 0.25) is 0 Å². The molecule has 1 aliphatic heterocycles. The van der Waals surface area contributed by atoms with Crippen LogP contribution in [0.15, 0.2) is 4.99 Å². The highest BCUT2D eigenvalue weighted by Gasteiger charge is 2.18. The van der Waals surface area contributed by atoms with Crippen LogP contribution in [0, 0.1) is 0 Å². The van der Waals surface area contributed by atoms with Crippen LogP contribution in [0.5, 0.6) is 5.88 Å². The molecule has 160 valence electrons. The van der Waals surface area contributed by atoms with Crippen molar-refractivity contribution in [2.75, 3.05) is 40.9 Å². The zero-order valence-corrected chi connectivity index (χ0v) is 19.8. The Kier molecular flexibility index (Phi) is 10.6. The largest absolute Gasteiger partial charge is 0.481 e. The maximum Gasteiger partial charge on any atom is 0.241 e. The Hall–Kier alpha value is -1.56. The summed E-state index contributed by atoms with van der Waals surface area (Å²) in [6.07, 6.45) is 3.10. The fraction of sp³-hybridized carbons (Fsp3) is 0.722. The molecule has 2 N–H and O–H groups in total. The zero-order valence-electron chi connectivity index (χ0n) is 17.4. The van der Waals surface area contributed by atoms with E-state index in [1.807, 2.05) is 7.05 Å². The Bertz CT molecular complexity index is 656. The number of nitrogens with zero attached hydrogens (tertiary/aromatic N) is 4. The van der Waals surface area contributed by atoms with E-state index in [9.17, 15) is 4.79 Å². The number of carbonyl (C=O) groups is 1. The molecule has 1 amide bonds. The predicted octanol–water partition coefficient (Wildman–Crippen LogP) is 0.912. The minimum absolute atomic E-state index is 0. The topological polar surface area (TPSA) is 93.0 Å². The van der Waals surface area contributed by atoms with Gasteiger partial charge in [-0.2, -0.15) is 5.10 Å². The van der Waals surface area contributed by atoms with Crippen molar-refractivity contribution in [3.05, 3.63) is 11.3 Å². The van der Waals surface area contributed by atoms with Crippen molar-refractivity contribution in [3.63, 3.8) is 0 Å². The Labute approximate surface area is 184 Å². The number of methoxy groups -OCH3 is 1. The third kappa shape index (κ3) is 6.80. The van der Waals surface area contributed by atoms with Crippen LogP contribution in [-0.2, 0) is 29.5 Å². The number of rotatable bonds is 8. The lowest BCUT2D eigenvalue weighted by molar-refractivity contribution is -0.127. The predicted molar refractivity (Wildman–Crippen MR) is 119 cm³/mol. The molecule has 1 atom stereocenters. The molecular weight excluding hydrogens is 475 g/mol. The molecule has 28 heavy (non-hydrogen) atoms. The van der Waals surface area contributed by atoms with E-state index in [0.29, 0.717) is 24.9 Å². The number of aliphatic imine (C=N–C) groups is 1. The monoisotopic (exact) mass is 508 g/mol. The second-order valence-corrected chi connectivity index (χ2v) is 6.73. The fourth-order valence-electron chi connectivity index (χ4n) is 2.97. The van der Waals surface area contributed by atoms with E-state index < -0.39 is 0 Å². The molecule has 0 bridgehead atoms. The first-order valence-electron chi connectivity index (χ1n) is 9.38. The van der Waals surface area contributed by atoms with Gasteiger partial charge in [-0.15, -0.1) is 24.0 Å². The molecule has 0 aromatic carbocycles. The van der Waals surface area contributed by atoms with Crippen LogP contribution in [0.1, 0.15) is 31.0 Å². The van der Waals surface area contributed by atoms with Gasteiger partial charge >= 0.3 is 0 Å². The lowest BCUT2D eigenvalue weighted by Gasteiger charge is -2.17. The first-order chi connectivity index (χ1) is 13.0. The maximum absolute atomic E-state index is 11.9. The highest BCUT2D eigenvalue weighted by atomic mass is 127. The molecule has 1 aliphatic rings. The Balaban J connectivity index is 0.00000392. The molecule has 2 rings (SSSR count). The van der Waals surface area contributed by atoms with E-state index in [-0.39, 0.29) is 42.5 Å². The highest BCUT2D eigenvalue weighted by molar-refractivity contribution is 14.0. The number of hydrogen-bond acceptors (Lipinski definition) is 5. The first-order valence-corrected chi connectivity index (χ1v) is 9.38. The molecular formula is C18H33IN6O3. The Morgan fingerprint density at radius 3 is 2.75 bits per heavy atom. The lowest BCUT2D eigenvalue weighted by atomic mass is 10.2. The second-order valence-electron chi connectivity index (χ2n) is 6.73. The third-order valence-corrected chi connectivity index (χ3v) is 4.52. The van der Waals surface area contributed by atoms with Crippen molar-refractivity contribution in [2.24, 2.45) is 12.0 Å². The molecule has 0 aliphatic carbocycles. The summed E-state index contributed by atoms with van der Waals surface area (Å²) in [5, 5.41) is 10.9. The zero-order chi connectivity index (χ0) is 19.8. The maximum atomic E-state index is 11.9. The van der Waals surface area contributed by atoms with E-state index in [2.05, 4.69) is 27.6 Å². The van der Waals surface area contributed by atoms with Gasteiger partial charge in [0.05, 0.1) is 37.6 Å². The van der Waals surface area contributed by atoms with Crippen molar-refractivity contribution in [1.29, 1.82) is 0 Å². The van der Waals surface area contributed by atoms with Crippen LogP contribution in [0.3, 0.4) is 0 Å². The van der Waals surface area contributed by atoms with Gasteiger partial charge in [-0.25, -0.2) is 9.67 Å². The second kappa shape index (κ2) is 12.1. The SMILES string of the molecule is CCc1nn(C)c(OC)c1CN=C(NCC(=O)N(C)C)NCC1CCCO1.I. The summed E-state index contributed by atoms with van der Waals surface area (Å²) in [6.45, 7) is 4.11. The number of nitrogens with one attached hydrogen (secondary N) is 2. The van der Waals surface area contributed by atoms with Gasteiger partial charge < -0.3 is 25.0 Å². The van der Waals surface area contributed by atoms with E-state index >= 15 is 0 Å². The van der Waals surface area contributed by atoms with E-state index in [4.69, 9.17) is 9.47 Å². The average Bonchev–Trinajstić information content (AvgIpc) is 3.27. The summed E-state index contributed by atoms with van der Waals surface area (Å²) >= 11 is 0. The van der Waals surface area contributed by atoms with Gasteiger partial charge in [0.25, 0.3) is 0 Å². The quantitative estimate of drug-likeness (QED) is 0.308. The number of likely N-dealkylation sites (N-methyl/N-ethyl adjacent to an activating group) is 1. The summed E-state index contributed by atoms with van der Waals surface area (Å²) in [5.41, 5.74) is 1.92. The summed E-state index contributed by atoms with van der Waals surface area (Å²) in [7, 11) is 6.95. The molecule has 1 aromatic heterocycles. The molecule has 2 heterocycles. The Morgan fingerprint density at radius 1 is 1.43 bits per heavy atom. The average molecular weight is 508 g/mol. The van der Waals surface area contributed by atoms with Crippen LogP contribution in [0.25, 0.3) is 0 Å². The van der Waals surface area contributed by atoms with Gasteiger partial charge in [0.15, 0.2) is 5.96 Å². The summed E-state index contributed by atoms with van der Waals surface area (Å²) in [4.78, 5) is 18.1. The minimum Gasteiger partial charge on any atom is -0.481 e. The molecule has 0 saturated carbocycles. The van der Waals surface area contributed by atoms with Gasteiger partial charge in [0.1, 0.15) is 0 Å². The fourth-order valence-corrected chi connectivity index (χ4v) is 2.97. The van der Waals surface area contributed by atoms with Crippen molar-refractivity contribution < 1.29 is 14.3 Å². The Morgan fingerprint density at radius 2 is 2.18 bits per heavy atom. The summed E-state index contributed by atoms with van der Waals surface area (Å²) in [5.74, 6) is 1.27. The number of aryl methyl sites for hydroxylation is 2.